The number of carbonyl (C=O) groups is 6. The summed E-state index contributed by atoms with van der Waals surface area (Å²) >= 11 is 0. The summed E-state index contributed by atoms with van der Waals surface area (Å²) < 4.78 is 57.2. The van der Waals surface area contributed by atoms with Gasteiger partial charge in [-0.15, -0.1) is 0 Å². The van der Waals surface area contributed by atoms with Gasteiger partial charge in [-0.25, -0.2) is 0 Å². The third-order valence-electron chi connectivity index (χ3n) is 31.5. The molecule has 14 bridgehead atoms. The zero-order chi connectivity index (χ0) is 76.8. The average molecular weight is 1450 g/mol. The highest BCUT2D eigenvalue weighted by atomic mass is 16.7. The summed E-state index contributed by atoms with van der Waals surface area (Å²) in [6.45, 7) is 54.1. The Morgan fingerprint density at radius 3 is 1.17 bits per heavy atom. The van der Waals surface area contributed by atoms with Crippen LogP contribution in [0.1, 0.15) is 328 Å². The molecule has 0 spiro atoms. The van der Waals surface area contributed by atoms with E-state index in [1.165, 1.54) is 83.5 Å². The molecule has 14 aliphatic carbocycles. The molecule has 16 unspecified atom stereocenters. The smallest absolute Gasteiger partial charge is 0.313 e. The van der Waals surface area contributed by atoms with Crippen LogP contribution in [-0.2, 0) is 76.1 Å². The number of rotatable bonds is 25. The van der Waals surface area contributed by atoms with Crippen LogP contribution in [0.4, 0.5) is 0 Å². The first kappa shape index (κ1) is 85.4. The quantitative estimate of drug-likeness (QED) is 0.0475. The van der Waals surface area contributed by atoms with Gasteiger partial charge in [-0.05, 0) is 317 Å². The molecule has 16 nitrogen and oxygen atoms in total. The van der Waals surface area contributed by atoms with Crippen LogP contribution in [0.25, 0.3) is 0 Å². The average Bonchev–Trinajstić information content (AvgIpc) is 1.59. The van der Waals surface area contributed by atoms with Gasteiger partial charge in [-0.2, -0.15) is 0 Å². The second-order valence-corrected chi connectivity index (χ2v) is 40.7. The van der Waals surface area contributed by atoms with E-state index < -0.39 is 39.7 Å². The third kappa shape index (κ3) is 18.0. The first-order valence-electron chi connectivity index (χ1n) is 41.3. The summed E-state index contributed by atoms with van der Waals surface area (Å²) in [5, 5.41) is 0. The molecule has 16 atom stereocenters. The Morgan fingerprint density at radius 2 is 0.786 bits per heavy atom. The van der Waals surface area contributed by atoms with Gasteiger partial charge in [0.2, 0.25) is 0 Å². The standard InChI is InChI=1S/2C18H32O3.C17H26O4.C17H28O3.C17H30O3/c1-8-16(3,4)15(19)21-12(2)20-14-17(5,6)13-9-10-18(14,7)11-13;1-8-16(3,4)15(19)21-12(2)20-14-11-13-9-10-18(14,7)17(13,5)6;1-4-17(2,3)16(19)21-9-20-15-12-6-10-5-11(8-12)14(18)13(15)7-10;1-4-17(2,3)16(18)20-10-19-15-13-6-11-5-12(8-13)9-14(15)7-11;1-7-15(2,3)14(18)20-11-19-13-10-12-8-9-17(13,6)16(12,4)5/h2*12-14H,8-11H2,1-7H3;10-13,15H,4-9H2,1-3H3;11-15H,4-10H2,1-3H3;12-13H,7-11H2,1-6H3. The Morgan fingerprint density at radius 1 is 0.417 bits per heavy atom. The van der Waals surface area contributed by atoms with E-state index in [2.05, 4.69) is 62.3 Å². The van der Waals surface area contributed by atoms with Crippen molar-refractivity contribution in [1.29, 1.82) is 0 Å². The van der Waals surface area contributed by atoms with Crippen LogP contribution >= 0.6 is 0 Å². The maximum absolute atomic E-state index is 12.3. The zero-order valence-corrected chi connectivity index (χ0v) is 69.8. The molecule has 0 N–H and O–H groups in total. The molecule has 14 fully saturated rings. The lowest BCUT2D eigenvalue weighted by Gasteiger charge is -2.53. The van der Waals surface area contributed by atoms with Gasteiger partial charge < -0.3 is 47.4 Å². The molecular weight excluding hydrogens is 1300 g/mol. The van der Waals surface area contributed by atoms with Crippen molar-refractivity contribution in [3.05, 3.63) is 0 Å². The van der Waals surface area contributed by atoms with E-state index in [9.17, 15) is 28.8 Å². The number of hydrogen-bond acceptors (Lipinski definition) is 16. The molecule has 0 aromatic rings. The minimum atomic E-state index is -0.469. The Labute approximate surface area is 624 Å². The van der Waals surface area contributed by atoms with Gasteiger partial charge in [0.05, 0.1) is 57.6 Å². The van der Waals surface area contributed by atoms with Crippen molar-refractivity contribution in [2.24, 2.45) is 125 Å². The molecule has 0 saturated heterocycles. The van der Waals surface area contributed by atoms with Gasteiger partial charge in [-0.3, -0.25) is 28.8 Å². The number of fused-ring (bicyclic) bond motifs is 6. The van der Waals surface area contributed by atoms with E-state index in [1.807, 2.05) is 118 Å². The zero-order valence-electron chi connectivity index (χ0n) is 69.8. The molecule has 14 aliphatic rings. The molecule has 16 heteroatoms. The molecule has 592 valence electrons. The van der Waals surface area contributed by atoms with Crippen LogP contribution in [0.15, 0.2) is 0 Å². The second kappa shape index (κ2) is 32.4. The van der Waals surface area contributed by atoms with Crippen molar-refractivity contribution in [3.8, 4) is 0 Å². The highest BCUT2D eigenvalue weighted by Gasteiger charge is 2.65. The van der Waals surface area contributed by atoms with E-state index in [0.717, 1.165) is 112 Å². The molecule has 0 amide bonds. The van der Waals surface area contributed by atoms with E-state index >= 15 is 0 Å². The van der Waals surface area contributed by atoms with Gasteiger partial charge >= 0.3 is 29.8 Å². The maximum atomic E-state index is 12.3. The van der Waals surface area contributed by atoms with Gasteiger partial charge in [0.15, 0.2) is 33.0 Å². The summed E-state index contributed by atoms with van der Waals surface area (Å²) in [5.41, 5.74) is -0.639. The minimum Gasteiger partial charge on any atom is -0.438 e. The van der Waals surface area contributed by atoms with Crippen LogP contribution in [-0.4, -0.2) is 99.1 Å². The van der Waals surface area contributed by atoms with Crippen LogP contribution in [0.2, 0.25) is 0 Å². The van der Waals surface area contributed by atoms with Gasteiger partial charge in [0, 0.05) is 11.8 Å². The number of Topliss-reactive ketones (excluding diaryl/α,β-unsaturated/α-hetero) is 1. The molecule has 14 rings (SSSR count). The predicted octanol–water partition coefficient (Wildman–Crippen LogP) is 19.9. The lowest BCUT2D eigenvalue weighted by atomic mass is 9.54. The fourth-order valence-electron chi connectivity index (χ4n) is 21.2. The second-order valence-electron chi connectivity index (χ2n) is 40.7. The number of esters is 5. The Bertz CT molecular complexity index is 2890. The lowest BCUT2D eigenvalue weighted by molar-refractivity contribution is -0.219. The predicted molar refractivity (Wildman–Crippen MR) is 401 cm³/mol. The highest BCUT2D eigenvalue weighted by Crippen LogP contribution is 2.68. The maximum Gasteiger partial charge on any atom is 0.313 e. The van der Waals surface area contributed by atoms with Crippen molar-refractivity contribution >= 4 is 35.6 Å². The number of ketones is 1. The molecule has 0 aromatic heterocycles. The Hall–Kier alpha value is -3.18. The summed E-state index contributed by atoms with van der Waals surface area (Å²) in [6.07, 6.45) is 26.0. The third-order valence-corrected chi connectivity index (χ3v) is 31.5. The molecular formula is C87H148O16. The minimum absolute atomic E-state index is 0.0114. The van der Waals surface area contributed by atoms with Crippen molar-refractivity contribution < 1.29 is 76.1 Å². The molecule has 0 aliphatic heterocycles. The van der Waals surface area contributed by atoms with Gasteiger partial charge in [0.25, 0.3) is 0 Å². The van der Waals surface area contributed by atoms with Gasteiger partial charge in [0.1, 0.15) is 5.78 Å². The fourth-order valence-corrected chi connectivity index (χ4v) is 21.2. The van der Waals surface area contributed by atoms with E-state index in [1.54, 1.807) is 0 Å². The first-order chi connectivity index (χ1) is 47.6. The van der Waals surface area contributed by atoms with Crippen LogP contribution in [0, 0.1) is 125 Å². The van der Waals surface area contributed by atoms with Crippen LogP contribution in [0.5, 0.6) is 0 Å². The highest BCUT2D eigenvalue weighted by molar-refractivity contribution is 5.86. The normalized spacial score (nSPS) is 36.7. The summed E-state index contributed by atoms with van der Waals surface area (Å²) in [4.78, 5) is 72.4. The van der Waals surface area contributed by atoms with Crippen molar-refractivity contribution in [2.75, 3.05) is 20.4 Å². The largest absolute Gasteiger partial charge is 0.438 e. The van der Waals surface area contributed by atoms with Crippen molar-refractivity contribution in [2.45, 2.75) is 371 Å². The Balaban J connectivity index is 0.000000163. The topological polar surface area (TPSA) is 195 Å². The molecule has 0 aromatic carbocycles. The lowest BCUT2D eigenvalue weighted by Crippen LogP contribution is -2.55. The van der Waals surface area contributed by atoms with E-state index in [4.69, 9.17) is 47.4 Å². The number of ether oxygens (including phenoxy) is 10. The molecule has 103 heavy (non-hydrogen) atoms. The van der Waals surface area contributed by atoms with Crippen molar-refractivity contribution in [1.82, 2.24) is 0 Å². The molecule has 14 saturated carbocycles. The summed E-state index contributed by atoms with van der Waals surface area (Å²) in [6, 6.07) is 0. The number of carbonyl (C=O) groups excluding carboxylic acids is 6. The molecule has 0 heterocycles. The summed E-state index contributed by atoms with van der Waals surface area (Å²) in [5.74, 6) is 6.70. The van der Waals surface area contributed by atoms with Crippen molar-refractivity contribution in [3.63, 3.8) is 0 Å². The number of hydrogen-bond donors (Lipinski definition) is 0. The van der Waals surface area contributed by atoms with Crippen LogP contribution < -0.4 is 0 Å². The summed E-state index contributed by atoms with van der Waals surface area (Å²) in [7, 11) is 0. The van der Waals surface area contributed by atoms with E-state index in [-0.39, 0.29) is 108 Å². The SMILES string of the molecule is CCC(C)(C)C(=O)OC(C)OC1C2(C)CCC(C2)C1(C)C.CCC(C)(C)C(=O)OC(C)OC1CC2CCC1(C)C2(C)C.CCC(C)(C)C(=O)OCOC1C2CC3CC(C2)C(=O)C1C3.CCC(C)(C)C(=O)OCOC1C2CC3CC(C2)CC1C3.CCC(C)(C)C(=O)OCOC1CC2CCC1(C)C2(C)C. The molecule has 0 radical (unpaired) electrons. The van der Waals surface area contributed by atoms with Crippen LogP contribution in [0.3, 0.4) is 0 Å². The fraction of sp³-hybridized carbons (Fsp3) is 0.931. The monoisotopic (exact) mass is 1450 g/mol. The Kier molecular flexibility index (Phi) is 26.9. The first-order valence-corrected chi connectivity index (χ1v) is 41.3. The van der Waals surface area contributed by atoms with E-state index in [0.29, 0.717) is 28.6 Å². The van der Waals surface area contributed by atoms with Gasteiger partial charge in [-0.1, -0.05) is 96.9 Å².